The van der Waals surface area contributed by atoms with Crippen LogP contribution in [0, 0.1) is 5.92 Å². The number of aliphatic hydroxyl groups is 1. The first kappa shape index (κ1) is 14.4. The first-order valence-corrected chi connectivity index (χ1v) is 5.56. The number of aliphatic hydroxyl groups excluding tert-OH is 1. The van der Waals surface area contributed by atoms with Crippen molar-refractivity contribution in [2.75, 3.05) is 13.7 Å². The molecule has 2 N–H and O–H groups in total. The zero-order chi connectivity index (χ0) is 11.8. The monoisotopic (exact) mass is 217 g/mol. The van der Waals surface area contributed by atoms with Gasteiger partial charge in [0.15, 0.2) is 0 Å². The Balaban J connectivity index is 3.88. The summed E-state index contributed by atoms with van der Waals surface area (Å²) >= 11 is 0. The molecule has 0 aliphatic heterocycles. The van der Waals surface area contributed by atoms with Gasteiger partial charge in [0, 0.05) is 6.54 Å². The van der Waals surface area contributed by atoms with E-state index < -0.39 is 6.10 Å². The summed E-state index contributed by atoms with van der Waals surface area (Å²) in [5.74, 6) is -0.00547. The molecule has 0 rings (SSSR count). The number of esters is 1. The van der Waals surface area contributed by atoms with Crippen LogP contribution in [0.5, 0.6) is 0 Å². The summed E-state index contributed by atoms with van der Waals surface area (Å²) in [6.07, 6.45) is 1.50. The molecule has 0 aromatic rings. The fourth-order valence-corrected chi connectivity index (χ4v) is 1.56. The molecular formula is C11H23NO3. The molecule has 0 aromatic carbocycles. The number of carbonyl (C=O) groups excluding carboxylic acids is 1. The lowest BCUT2D eigenvalue weighted by Crippen LogP contribution is -2.41. The molecule has 4 nitrogen and oxygen atoms in total. The van der Waals surface area contributed by atoms with Crippen LogP contribution in [0.3, 0.4) is 0 Å². The van der Waals surface area contributed by atoms with Crippen LogP contribution in [0.15, 0.2) is 0 Å². The highest BCUT2D eigenvalue weighted by atomic mass is 16.5. The molecule has 2 atom stereocenters. The molecule has 0 amide bonds. The molecule has 0 aromatic heterocycles. The third kappa shape index (κ3) is 5.14. The van der Waals surface area contributed by atoms with Gasteiger partial charge in [-0.15, -0.1) is 0 Å². The minimum absolute atomic E-state index is 0.294. The lowest BCUT2D eigenvalue weighted by Gasteiger charge is -2.21. The fourth-order valence-electron chi connectivity index (χ4n) is 1.56. The Kier molecular flexibility index (Phi) is 7.34. The summed E-state index contributed by atoms with van der Waals surface area (Å²) in [6.45, 7) is 6.27. The minimum atomic E-state index is -0.396. The SMILES string of the molecule is CCC(CC)C(O)CNC(C)C(=O)OC. The molecule has 2 unspecified atom stereocenters. The van der Waals surface area contributed by atoms with Gasteiger partial charge in [-0.2, -0.15) is 0 Å². The Hall–Kier alpha value is -0.610. The Labute approximate surface area is 92.0 Å². The van der Waals surface area contributed by atoms with Crippen LogP contribution in [0.1, 0.15) is 33.6 Å². The normalized spacial score (nSPS) is 15.1. The van der Waals surface area contributed by atoms with E-state index in [9.17, 15) is 9.90 Å². The lowest BCUT2D eigenvalue weighted by atomic mass is 9.96. The van der Waals surface area contributed by atoms with Gasteiger partial charge in [-0.05, 0) is 12.8 Å². The van der Waals surface area contributed by atoms with Gasteiger partial charge in [-0.25, -0.2) is 0 Å². The summed E-state index contributed by atoms with van der Waals surface area (Å²) in [7, 11) is 1.36. The number of methoxy groups -OCH3 is 1. The average Bonchev–Trinajstić information content (AvgIpc) is 2.26. The number of rotatable bonds is 7. The zero-order valence-corrected chi connectivity index (χ0v) is 10.1. The van der Waals surface area contributed by atoms with Gasteiger partial charge in [0.05, 0.1) is 13.2 Å². The molecule has 0 saturated carbocycles. The third-order valence-electron chi connectivity index (χ3n) is 2.78. The first-order valence-electron chi connectivity index (χ1n) is 5.56. The van der Waals surface area contributed by atoms with Crippen LogP contribution >= 0.6 is 0 Å². The van der Waals surface area contributed by atoms with Gasteiger partial charge in [-0.1, -0.05) is 26.7 Å². The summed E-state index contributed by atoms with van der Waals surface area (Å²) < 4.78 is 4.57. The number of nitrogens with one attached hydrogen (secondary N) is 1. The molecule has 0 bridgehead atoms. The maximum atomic E-state index is 11.1. The number of hydrogen-bond acceptors (Lipinski definition) is 4. The molecule has 0 aliphatic rings. The quantitative estimate of drug-likeness (QED) is 0.623. The van der Waals surface area contributed by atoms with Crippen molar-refractivity contribution < 1.29 is 14.6 Å². The largest absolute Gasteiger partial charge is 0.468 e. The molecule has 0 heterocycles. The van der Waals surface area contributed by atoms with E-state index in [0.717, 1.165) is 12.8 Å². The standard InChI is InChI=1S/C11H23NO3/c1-5-9(6-2)10(13)7-12-8(3)11(14)15-4/h8-10,12-13H,5-7H2,1-4H3. The van der Waals surface area contributed by atoms with Crippen molar-refractivity contribution in [2.24, 2.45) is 5.92 Å². The van der Waals surface area contributed by atoms with Gasteiger partial charge in [0.2, 0.25) is 0 Å². The van der Waals surface area contributed by atoms with E-state index in [1.807, 2.05) is 0 Å². The predicted molar refractivity (Wildman–Crippen MR) is 59.6 cm³/mol. The minimum Gasteiger partial charge on any atom is -0.468 e. The summed E-state index contributed by atoms with van der Waals surface area (Å²) in [4.78, 5) is 11.1. The number of ether oxygens (including phenoxy) is 1. The van der Waals surface area contributed by atoms with Gasteiger partial charge >= 0.3 is 5.97 Å². The molecule has 0 saturated heterocycles. The third-order valence-corrected chi connectivity index (χ3v) is 2.78. The van der Waals surface area contributed by atoms with E-state index in [4.69, 9.17) is 0 Å². The van der Waals surface area contributed by atoms with Crippen molar-refractivity contribution in [2.45, 2.75) is 45.8 Å². The van der Waals surface area contributed by atoms with Gasteiger partial charge in [-0.3, -0.25) is 4.79 Å². The van der Waals surface area contributed by atoms with Crippen LogP contribution in [0.2, 0.25) is 0 Å². The Bertz CT molecular complexity index is 181. The van der Waals surface area contributed by atoms with Crippen molar-refractivity contribution >= 4 is 5.97 Å². The number of hydrogen-bond donors (Lipinski definition) is 2. The van der Waals surface area contributed by atoms with E-state index in [1.165, 1.54) is 7.11 Å². The van der Waals surface area contributed by atoms with Crippen molar-refractivity contribution in [3.8, 4) is 0 Å². The van der Waals surface area contributed by atoms with Gasteiger partial charge in [0.1, 0.15) is 6.04 Å². The highest BCUT2D eigenvalue weighted by Crippen LogP contribution is 2.12. The summed E-state index contributed by atoms with van der Waals surface area (Å²) in [5.41, 5.74) is 0. The molecule has 4 heteroatoms. The van der Waals surface area contributed by atoms with E-state index in [0.29, 0.717) is 12.5 Å². The first-order chi connectivity index (χ1) is 7.06. The van der Waals surface area contributed by atoms with E-state index in [1.54, 1.807) is 6.92 Å². The zero-order valence-electron chi connectivity index (χ0n) is 10.1. The molecule has 0 aliphatic carbocycles. The van der Waals surface area contributed by atoms with Crippen molar-refractivity contribution in [3.63, 3.8) is 0 Å². The second-order valence-electron chi connectivity index (χ2n) is 3.80. The highest BCUT2D eigenvalue weighted by Gasteiger charge is 2.18. The maximum Gasteiger partial charge on any atom is 0.322 e. The van der Waals surface area contributed by atoms with Crippen LogP contribution in [0.25, 0.3) is 0 Å². The lowest BCUT2D eigenvalue weighted by molar-refractivity contribution is -0.142. The highest BCUT2D eigenvalue weighted by molar-refractivity contribution is 5.75. The molecule has 0 radical (unpaired) electrons. The predicted octanol–water partition coefficient (Wildman–Crippen LogP) is 0.935. The molecule has 0 fully saturated rings. The van der Waals surface area contributed by atoms with Crippen LogP contribution in [0.4, 0.5) is 0 Å². The van der Waals surface area contributed by atoms with Crippen molar-refractivity contribution in [3.05, 3.63) is 0 Å². The molecular weight excluding hydrogens is 194 g/mol. The maximum absolute atomic E-state index is 11.1. The Morgan fingerprint density at radius 2 is 1.93 bits per heavy atom. The average molecular weight is 217 g/mol. The summed E-state index contributed by atoms with van der Waals surface area (Å²) in [5, 5.41) is 12.8. The second kappa shape index (κ2) is 7.65. The fraction of sp³-hybridized carbons (Fsp3) is 0.909. The molecule has 0 spiro atoms. The van der Waals surface area contributed by atoms with Crippen molar-refractivity contribution in [1.82, 2.24) is 5.32 Å². The topological polar surface area (TPSA) is 58.6 Å². The van der Waals surface area contributed by atoms with Gasteiger partial charge in [0.25, 0.3) is 0 Å². The Morgan fingerprint density at radius 1 is 1.40 bits per heavy atom. The van der Waals surface area contributed by atoms with Crippen LogP contribution < -0.4 is 5.32 Å². The summed E-state index contributed by atoms with van der Waals surface area (Å²) in [6, 6.07) is -0.362. The van der Waals surface area contributed by atoms with E-state index >= 15 is 0 Å². The van der Waals surface area contributed by atoms with E-state index in [2.05, 4.69) is 23.9 Å². The van der Waals surface area contributed by atoms with Gasteiger partial charge < -0.3 is 15.2 Å². The smallest absolute Gasteiger partial charge is 0.322 e. The van der Waals surface area contributed by atoms with E-state index in [-0.39, 0.29) is 12.0 Å². The van der Waals surface area contributed by atoms with Crippen LogP contribution in [-0.4, -0.2) is 36.9 Å². The Morgan fingerprint density at radius 3 is 2.33 bits per heavy atom. The van der Waals surface area contributed by atoms with Crippen molar-refractivity contribution in [1.29, 1.82) is 0 Å². The second-order valence-corrected chi connectivity index (χ2v) is 3.80. The van der Waals surface area contributed by atoms with Crippen LogP contribution in [-0.2, 0) is 9.53 Å². The molecule has 90 valence electrons. The number of carbonyl (C=O) groups is 1. The molecule has 15 heavy (non-hydrogen) atoms.